The highest BCUT2D eigenvalue weighted by molar-refractivity contribution is 6.28. The van der Waals surface area contributed by atoms with Gasteiger partial charge in [-0.05, 0) is 17.7 Å². The number of aromatic nitrogens is 2. The highest BCUT2D eigenvalue weighted by Gasteiger charge is 2.21. The molecule has 2 rings (SSSR count). The maximum atomic E-state index is 10.9. The van der Waals surface area contributed by atoms with Crippen LogP contribution in [0.25, 0.3) is 0 Å². The van der Waals surface area contributed by atoms with Crippen LogP contribution in [0.2, 0.25) is 5.28 Å². The summed E-state index contributed by atoms with van der Waals surface area (Å²) in [5, 5.41) is 6.02. The van der Waals surface area contributed by atoms with Gasteiger partial charge in [0.1, 0.15) is 5.82 Å². The number of hydrogen-bond donors (Lipinski definition) is 2. The fraction of sp³-hybridized carbons (Fsp3) is 0.375. The molecule has 0 aliphatic carbocycles. The molecule has 1 fully saturated rings. The van der Waals surface area contributed by atoms with Gasteiger partial charge in [0.15, 0.2) is 0 Å². The summed E-state index contributed by atoms with van der Waals surface area (Å²) in [6.07, 6.45) is 2.05. The molecule has 0 spiro atoms. The first kappa shape index (κ1) is 9.21. The maximum absolute atomic E-state index is 10.9. The molecule has 6 heteroatoms. The van der Waals surface area contributed by atoms with Crippen LogP contribution < -0.4 is 10.6 Å². The average Bonchev–Trinajstić information content (AvgIpc) is 2.51. The van der Waals surface area contributed by atoms with Crippen LogP contribution in [-0.2, 0) is 4.79 Å². The van der Waals surface area contributed by atoms with Gasteiger partial charge < -0.3 is 10.6 Å². The number of nitrogens with one attached hydrogen (secondary N) is 2. The molecule has 0 saturated carbocycles. The molecular weight excluding hydrogens is 204 g/mol. The number of hydrogen-bond acceptors (Lipinski definition) is 4. The summed E-state index contributed by atoms with van der Waals surface area (Å²) in [7, 11) is 0. The zero-order chi connectivity index (χ0) is 9.97. The molecule has 0 radical (unpaired) electrons. The van der Waals surface area contributed by atoms with E-state index in [4.69, 9.17) is 11.6 Å². The van der Waals surface area contributed by atoms with Crippen molar-refractivity contribution in [2.24, 2.45) is 0 Å². The Kier molecular flexibility index (Phi) is 2.49. The van der Waals surface area contributed by atoms with E-state index in [1.54, 1.807) is 12.3 Å². The molecular formula is C8H9ClN4O. The Labute approximate surface area is 85.9 Å². The molecule has 1 aliphatic heterocycles. The van der Waals surface area contributed by atoms with Crippen LogP contribution in [0.3, 0.4) is 0 Å². The van der Waals surface area contributed by atoms with Crippen molar-refractivity contribution in [2.45, 2.75) is 12.5 Å². The summed E-state index contributed by atoms with van der Waals surface area (Å²) in [4.78, 5) is 18.6. The standard InChI is InChI=1S/C8H9ClN4O/c9-8-10-2-1-6(13-8)12-5-3-7(14)11-4-5/h1-2,5H,3-4H2,(H,11,14)(H,10,12,13). The van der Waals surface area contributed by atoms with Gasteiger partial charge in [0.2, 0.25) is 11.2 Å². The topological polar surface area (TPSA) is 66.9 Å². The predicted octanol–water partition coefficient (Wildman–Crippen LogP) is 0.430. The summed E-state index contributed by atoms with van der Waals surface area (Å²) in [6.45, 7) is 0.625. The van der Waals surface area contributed by atoms with Crippen molar-refractivity contribution < 1.29 is 4.79 Å². The van der Waals surface area contributed by atoms with E-state index in [9.17, 15) is 4.79 Å². The molecule has 1 saturated heterocycles. The fourth-order valence-corrected chi connectivity index (χ4v) is 1.48. The van der Waals surface area contributed by atoms with Crippen LogP contribution in [-0.4, -0.2) is 28.5 Å². The molecule has 0 aromatic carbocycles. The van der Waals surface area contributed by atoms with E-state index in [1.165, 1.54) is 0 Å². The van der Waals surface area contributed by atoms with Crippen molar-refractivity contribution in [3.63, 3.8) is 0 Å². The quantitative estimate of drug-likeness (QED) is 0.698. The van der Waals surface area contributed by atoms with E-state index in [2.05, 4.69) is 20.6 Å². The number of amides is 1. The van der Waals surface area contributed by atoms with Crippen LogP contribution in [0.1, 0.15) is 6.42 Å². The number of nitrogens with zero attached hydrogens (tertiary/aromatic N) is 2. The SMILES string of the molecule is O=C1CC(Nc2ccnc(Cl)n2)CN1. The van der Waals surface area contributed by atoms with Crippen molar-refractivity contribution in [1.82, 2.24) is 15.3 Å². The molecule has 1 aromatic rings. The summed E-state index contributed by atoms with van der Waals surface area (Å²) in [6, 6.07) is 1.81. The molecule has 1 aromatic heterocycles. The van der Waals surface area contributed by atoms with Gasteiger partial charge in [-0.25, -0.2) is 9.97 Å². The van der Waals surface area contributed by atoms with Crippen LogP contribution in [0.15, 0.2) is 12.3 Å². The molecule has 1 amide bonds. The van der Waals surface area contributed by atoms with E-state index in [0.717, 1.165) is 0 Å². The van der Waals surface area contributed by atoms with Gasteiger partial charge in [-0.15, -0.1) is 0 Å². The predicted molar refractivity (Wildman–Crippen MR) is 52.1 cm³/mol. The first-order valence-corrected chi connectivity index (χ1v) is 4.63. The third-order valence-electron chi connectivity index (χ3n) is 1.96. The number of halogens is 1. The summed E-state index contributed by atoms with van der Waals surface area (Å²) >= 11 is 5.61. The number of carbonyl (C=O) groups excluding carboxylic acids is 1. The molecule has 14 heavy (non-hydrogen) atoms. The van der Waals surface area contributed by atoms with E-state index < -0.39 is 0 Å². The lowest BCUT2D eigenvalue weighted by Crippen LogP contribution is -2.22. The van der Waals surface area contributed by atoms with Crippen molar-refractivity contribution in [1.29, 1.82) is 0 Å². The molecule has 2 heterocycles. The van der Waals surface area contributed by atoms with Crippen LogP contribution in [0, 0.1) is 0 Å². The van der Waals surface area contributed by atoms with E-state index in [1.807, 2.05) is 0 Å². The van der Waals surface area contributed by atoms with Gasteiger partial charge in [-0.2, -0.15) is 0 Å². The summed E-state index contributed by atoms with van der Waals surface area (Å²) < 4.78 is 0. The van der Waals surface area contributed by atoms with E-state index in [-0.39, 0.29) is 17.2 Å². The average molecular weight is 213 g/mol. The Balaban J connectivity index is 2.00. The Morgan fingerprint density at radius 2 is 2.50 bits per heavy atom. The third kappa shape index (κ3) is 2.11. The van der Waals surface area contributed by atoms with Crippen LogP contribution in [0.4, 0.5) is 5.82 Å². The fourth-order valence-electron chi connectivity index (χ4n) is 1.33. The highest BCUT2D eigenvalue weighted by Crippen LogP contribution is 2.10. The molecule has 1 aliphatic rings. The molecule has 2 N–H and O–H groups in total. The second kappa shape index (κ2) is 3.79. The Bertz CT molecular complexity index is 357. The lowest BCUT2D eigenvalue weighted by molar-refractivity contribution is -0.119. The van der Waals surface area contributed by atoms with Crippen LogP contribution >= 0.6 is 11.6 Å². The first-order valence-electron chi connectivity index (χ1n) is 4.26. The van der Waals surface area contributed by atoms with Crippen molar-refractivity contribution >= 4 is 23.3 Å². The van der Waals surface area contributed by atoms with Gasteiger partial charge in [0, 0.05) is 19.2 Å². The Hall–Kier alpha value is -1.36. The maximum Gasteiger partial charge on any atom is 0.224 e. The van der Waals surface area contributed by atoms with Gasteiger partial charge in [-0.1, -0.05) is 0 Å². The molecule has 1 atom stereocenters. The summed E-state index contributed by atoms with van der Waals surface area (Å²) in [5.41, 5.74) is 0. The van der Waals surface area contributed by atoms with Crippen molar-refractivity contribution in [2.75, 3.05) is 11.9 Å². The lowest BCUT2D eigenvalue weighted by atomic mass is 10.2. The second-order valence-electron chi connectivity index (χ2n) is 3.06. The molecule has 1 unspecified atom stereocenters. The number of anilines is 1. The number of rotatable bonds is 2. The van der Waals surface area contributed by atoms with Gasteiger partial charge in [-0.3, -0.25) is 4.79 Å². The van der Waals surface area contributed by atoms with Gasteiger partial charge in [0.25, 0.3) is 0 Å². The van der Waals surface area contributed by atoms with Crippen molar-refractivity contribution in [3.8, 4) is 0 Å². The van der Waals surface area contributed by atoms with Gasteiger partial charge in [0.05, 0.1) is 6.04 Å². The highest BCUT2D eigenvalue weighted by atomic mass is 35.5. The Morgan fingerprint density at radius 3 is 3.14 bits per heavy atom. The number of carbonyl (C=O) groups is 1. The zero-order valence-electron chi connectivity index (χ0n) is 7.33. The normalized spacial score (nSPS) is 20.6. The molecule has 0 bridgehead atoms. The first-order chi connectivity index (χ1) is 6.74. The van der Waals surface area contributed by atoms with Gasteiger partial charge >= 0.3 is 0 Å². The monoisotopic (exact) mass is 212 g/mol. The summed E-state index contributed by atoms with van der Waals surface area (Å²) in [5.74, 6) is 0.703. The molecule has 74 valence electrons. The largest absolute Gasteiger partial charge is 0.365 e. The smallest absolute Gasteiger partial charge is 0.224 e. The minimum absolute atomic E-state index is 0.0580. The van der Waals surface area contributed by atoms with E-state index in [0.29, 0.717) is 18.8 Å². The zero-order valence-corrected chi connectivity index (χ0v) is 8.08. The molecule has 5 nitrogen and oxygen atoms in total. The minimum atomic E-state index is 0.0580. The third-order valence-corrected chi connectivity index (χ3v) is 2.14. The lowest BCUT2D eigenvalue weighted by Gasteiger charge is -2.10. The minimum Gasteiger partial charge on any atom is -0.365 e. The van der Waals surface area contributed by atoms with Crippen molar-refractivity contribution in [3.05, 3.63) is 17.5 Å². The Morgan fingerprint density at radius 1 is 1.64 bits per heavy atom. The second-order valence-corrected chi connectivity index (χ2v) is 3.40. The van der Waals surface area contributed by atoms with E-state index >= 15 is 0 Å². The van der Waals surface area contributed by atoms with Crippen LogP contribution in [0.5, 0.6) is 0 Å².